The molecule has 47 heavy (non-hydrogen) atoms. The number of hydrogen-bond acceptors (Lipinski definition) is 0. The molecule has 0 aliphatic carbocycles. The third-order valence-electron chi connectivity index (χ3n) is 6.37. The van der Waals surface area contributed by atoms with Gasteiger partial charge in [0.05, 0.1) is 15.8 Å². The first-order chi connectivity index (χ1) is 22.9. The summed E-state index contributed by atoms with van der Waals surface area (Å²) in [6.45, 7) is 18.0. The Balaban J connectivity index is 0.000000731. The van der Waals surface area contributed by atoms with Crippen molar-refractivity contribution in [2.24, 2.45) is 0 Å². The summed E-state index contributed by atoms with van der Waals surface area (Å²) in [5.74, 6) is 0. The van der Waals surface area contributed by atoms with E-state index in [1.165, 1.54) is 31.8 Å². The fourth-order valence-corrected chi connectivity index (χ4v) is 9.78. The molecule has 0 atom stereocenters. The van der Waals surface area contributed by atoms with Crippen molar-refractivity contribution in [2.45, 2.75) is 0 Å². The summed E-state index contributed by atoms with van der Waals surface area (Å²) < 4.78 is 30.0. The molecule has 6 aromatic rings. The van der Waals surface area contributed by atoms with E-state index >= 15 is 0 Å². The first kappa shape index (κ1) is 42.7. The number of benzene rings is 6. The first-order valence-corrected chi connectivity index (χ1v) is 16.8. The van der Waals surface area contributed by atoms with Crippen molar-refractivity contribution in [3.05, 3.63) is 209 Å². The largest absolute Gasteiger partial charge is 4.00 e. The fourth-order valence-electron chi connectivity index (χ4n) is 4.63. The summed E-state index contributed by atoms with van der Waals surface area (Å²) in [7, 11) is -1.75. The Morgan fingerprint density at radius 1 is 0.234 bits per heavy atom. The smallest absolute Gasteiger partial charge is 0.0620 e. The summed E-state index contributed by atoms with van der Waals surface area (Å²) in [6.07, 6.45) is 0. The third-order valence-corrected chi connectivity index (χ3v) is 11.8. The molecule has 0 heterocycles. The van der Waals surface area contributed by atoms with Crippen molar-refractivity contribution in [2.75, 3.05) is 0 Å². The number of rotatable bonds is 6. The molecule has 4 nitrogen and oxygen atoms in total. The molecule has 0 unspecified atom stereocenters. The van der Waals surface area contributed by atoms with Crippen molar-refractivity contribution in [3.8, 4) is 0 Å². The van der Waals surface area contributed by atoms with Gasteiger partial charge >= 0.3 is 62.6 Å². The van der Waals surface area contributed by atoms with Crippen molar-refractivity contribution in [1.82, 2.24) is 0 Å². The maximum absolute atomic E-state index is 7.50. The average molecular weight is 691 g/mol. The fraction of sp³-hybridized carbons (Fsp3) is 0. The molecule has 0 aromatic heterocycles. The van der Waals surface area contributed by atoms with Crippen LogP contribution in [0.2, 0.25) is 0 Å². The molecule has 0 N–H and O–H groups in total. The van der Waals surface area contributed by atoms with E-state index in [4.69, 9.17) is 18.6 Å². The number of hydrogen-bond donors (Lipinski definition) is 0. The molecule has 0 amide bonds. The molecule has 226 valence electrons. The van der Waals surface area contributed by atoms with Gasteiger partial charge in [-0.3, -0.25) is 0 Å². The van der Waals surface area contributed by atoms with Crippen LogP contribution in [0.1, 0.15) is 0 Å². The van der Waals surface area contributed by atoms with E-state index in [0.29, 0.717) is 0 Å². The maximum atomic E-state index is 7.50. The minimum absolute atomic E-state index is 0. The minimum atomic E-state index is -0.877. The Kier molecular flexibility index (Phi) is 25.4. The van der Waals surface area contributed by atoms with Crippen LogP contribution in [0.4, 0.5) is 0 Å². The topological polar surface area (TPSA) is 79.6 Å². The molecule has 0 spiro atoms. The molecule has 0 aliphatic rings. The molecule has 0 fully saturated rings. The second-order valence-electron chi connectivity index (χ2n) is 8.95. The van der Waals surface area contributed by atoms with Crippen molar-refractivity contribution in [1.29, 1.82) is 0 Å². The molecule has 0 bridgehead atoms. The predicted octanol–water partition coefficient (Wildman–Crippen LogP) is 6.20. The van der Waals surface area contributed by atoms with Crippen molar-refractivity contribution >= 4 is 47.7 Å². The zero-order chi connectivity index (χ0) is 33.8. The Morgan fingerprint density at radius 2 is 0.340 bits per heavy atom. The van der Waals surface area contributed by atoms with E-state index in [0.717, 1.165) is 0 Å². The van der Waals surface area contributed by atoms with Gasteiger partial charge in [-0.15, -0.1) is 0 Å². The average Bonchev–Trinajstić information content (AvgIpc) is 3.18. The second-order valence-corrected chi connectivity index (χ2v) is 13.9. The van der Waals surface area contributed by atoms with E-state index < -0.39 is 15.8 Å². The van der Waals surface area contributed by atoms with Gasteiger partial charge in [-0.25, -0.2) is 0 Å². The maximum Gasteiger partial charge on any atom is 4.00 e. The van der Waals surface area contributed by atoms with E-state index in [2.05, 4.69) is 209 Å². The van der Waals surface area contributed by atoms with Gasteiger partial charge in [0.2, 0.25) is 0 Å². The molecule has 0 saturated carbocycles. The molecule has 6 aromatic carbocycles. The van der Waals surface area contributed by atoms with Crippen LogP contribution in [-0.2, 0) is 36.0 Å². The summed E-state index contributed by atoms with van der Waals surface area (Å²) in [6, 6.07) is 65.0. The zero-order valence-electron chi connectivity index (χ0n) is 25.4. The summed E-state index contributed by atoms with van der Waals surface area (Å²) >= 11 is 0. The monoisotopic (exact) mass is 690 g/mol. The van der Waals surface area contributed by atoms with Crippen molar-refractivity contribution < 1.29 is 36.0 Å². The minimum Gasteiger partial charge on any atom is -0.0620 e. The van der Waals surface area contributed by atoms with Gasteiger partial charge in [0.15, 0.2) is 0 Å². The molecule has 0 saturated heterocycles. The third kappa shape index (κ3) is 14.3. The van der Waals surface area contributed by atoms with Crippen LogP contribution < -0.4 is 31.8 Å². The Morgan fingerprint density at radius 3 is 0.447 bits per heavy atom. The van der Waals surface area contributed by atoms with Gasteiger partial charge in [-0.1, -0.05) is 109 Å². The van der Waals surface area contributed by atoms with Gasteiger partial charge in [0, 0.05) is 0 Å². The summed E-state index contributed by atoms with van der Waals surface area (Å²) in [4.78, 5) is 0. The van der Waals surface area contributed by atoms with Crippen LogP contribution in [0, 0.1) is 26.6 Å². The van der Waals surface area contributed by atoms with Crippen molar-refractivity contribution in [3.63, 3.8) is 0 Å². The Labute approximate surface area is 291 Å². The van der Waals surface area contributed by atoms with Crippen LogP contribution in [-0.4, -0.2) is 0 Å². The molecule has 0 radical (unpaired) electrons. The summed E-state index contributed by atoms with van der Waals surface area (Å²) in [5.41, 5.74) is 0. The Bertz CT molecular complexity index is 1350. The van der Waals surface area contributed by atoms with Crippen LogP contribution in [0.5, 0.6) is 0 Å². The van der Waals surface area contributed by atoms with Crippen LogP contribution in [0.15, 0.2) is 182 Å². The van der Waals surface area contributed by atoms with E-state index in [1.807, 2.05) is 0 Å². The first-order valence-electron chi connectivity index (χ1n) is 13.8. The molecular formula is C40H32CrO4P2+6. The standard InChI is InChI=1S/2C18H15P.4CO.Cr/c2*1-4-10-16(11-5-1)19(17-12-6-2-7-13-17)18-14-8-3-9-15-18;4*1-2;/h2*1-15H;;;;;/q;;;;;;+4/p+2. The van der Waals surface area contributed by atoms with Crippen LogP contribution in [0.3, 0.4) is 0 Å². The normalized spacial score (nSPS) is 8.72. The van der Waals surface area contributed by atoms with Crippen LogP contribution >= 0.6 is 15.8 Å². The summed E-state index contributed by atoms with van der Waals surface area (Å²) in [5, 5.41) is 8.61. The van der Waals surface area contributed by atoms with Gasteiger partial charge in [-0.2, -0.15) is 0 Å². The van der Waals surface area contributed by atoms with E-state index in [1.54, 1.807) is 0 Å². The van der Waals surface area contributed by atoms with Gasteiger partial charge < -0.3 is 0 Å². The zero-order valence-corrected chi connectivity index (χ0v) is 28.6. The van der Waals surface area contributed by atoms with E-state index in [-0.39, 0.29) is 17.4 Å². The SMILES string of the molecule is [C-]#[O+].[C-]#[O+].[C-]#[O+].[C-]#[O+].[Cr+4].c1ccc([PH+](c2ccccc2)c2ccccc2)cc1.c1ccc([PH+](c2ccccc2)c2ccccc2)cc1. The predicted molar refractivity (Wildman–Crippen MR) is 189 cm³/mol. The van der Waals surface area contributed by atoms with E-state index in [9.17, 15) is 0 Å². The van der Waals surface area contributed by atoms with Crippen LogP contribution in [0.25, 0.3) is 0 Å². The van der Waals surface area contributed by atoms with Gasteiger partial charge in [0.25, 0.3) is 0 Å². The molecule has 7 heteroatoms. The second kappa shape index (κ2) is 27.9. The Hall–Kier alpha value is -4.33. The molecular weight excluding hydrogens is 658 g/mol. The van der Waals surface area contributed by atoms with Gasteiger partial charge in [-0.05, 0) is 72.8 Å². The molecule has 6 rings (SSSR count). The molecule has 0 aliphatic heterocycles. The van der Waals surface area contributed by atoms with Gasteiger partial charge in [0.1, 0.15) is 31.8 Å². The quantitative estimate of drug-likeness (QED) is 0.113.